The molecule has 0 bridgehead atoms. The Hall–Kier alpha value is -2.68. The molecule has 0 aliphatic rings. The van der Waals surface area contributed by atoms with Crippen molar-refractivity contribution in [3.8, 4) is 0 Å². The van der Waals surface area contributed by atoms with E-state index in [0.29, 0.717) is 16.4 Å². The molecule has 2 N–H and O–H groups in total. The zero-order valence-electron chi connectivity index (χ0n) is 14.5. The van der Waals surface area contributed by atoms with Gasteiger partial charge in [-0.15, -0.1) is 0 Å². The first-order valence-corrected chi connectivity index (χ1v) is 10.2. The van der Waals surface area contributed by atoms with Crippen LogP contribution in [0.15, 0.2) is 59.6 Å². The molecule has 3 rings (SSSR count). The van der Waals surface area contributed by atoms with Crippen LogP contribution >= 0.6 is 23.2 Å². The van der Waals surface area contributed by atoms with Crippen molar-refractivity contribution in [2.75, 3.05) is 10.0 Å². The van der Waals surface area contributed by atoms with Crippen LogP contribution in [0.4, 0.5) is 11.6 Å². The molecule has 2 aromatic carbocycles. The molecule has 0 radical (unpaired) electrons. The summed E-state index contributed by atoms with van der Waals surface area (Å²) < 4.78 is 27.2. The Balaban J connectivity index is 1.75. The van der Waals surface area contributed by atoms with E-state index in [-0.39, 0.29) is 21.4 Å². The maximum atomic E-state index is 12.4. The van der Waals surface area contributed by atoms with Gasteiger partial charge in [0.05, 0.1) is 15.5 Å². The highest BCUT2D eigenvalue weighted by atomic mass is 35.5. The number of hydrogen-bond acceptors (Lipinski definition) is 5. The number of hydrogen-bond donors (Lipinski definition) is 2. The second-order valence-electron chi connectivity index (χ2n) is 5.73. The van der Waals surface area contributed by atoms with Crippen LogP contribution in [-0.2, 0) is 10.0 Å². The summed E-state index contributed by atoms with van der Waals surface area (Å²) in [6, 6.07) is 11.8. The van der Waals surface area contributed by atoms with E-state index in [0.717, 1.165) is 0 Å². The normalized spacial score (nSPS) is 11.1. The monoisotopic (exact) mass is 436 g/mol. The first-order chi connectivity index (χ1) is 13.2. The number of anilines is 2. The van der Waals surface area contributed by atoms with Gasteiger partial charge in [-0.25, -0.2) is 23.1 Å². The average molecular weight is 437 g/mol. The van der Waals surface area contributed by atoms with Gasteiger partial charge >= 0.3 is 0 Å². The third-order valence-electron chi connectivity index (χ3n) is 3.62. The number of nitrogens with one attached hydrogen (secondary N) is 2. The van der Waals surface area contributed by atoms with E-state index >= 15 is 0 Å². The van der Waals surface area contributed by atoms with Crippen molar-refractivity contribution in [2.24, 2.45) is 0 Å². The summed E-state index contributed by atoms with van der Waals surface area (Å²) in [5.41, 5.74) is 1.24. The lowest BCUT2D eigenvalue weighted by atomic mass is 10.2. The molecule has 144 valence electrons. The Bertz CT molecular complexity index is 1140. The van der Waals surface area contributed by atoms with Crippen LogP contribution in [-0.4, -0.2) is 24.3 Å². The predicted octanol–water partition coefficient (Wildman–Crippen LogP) is 4.14. The van der Waals surface area contributed by atoms with Crippen LogP contribution < -0.4 is 10.0 Å². The molecule has 0 spiro atoms. The van der Waals surface area contributed by atoms with Crippen LogP contribution in [0.25, 0.3) is 0 Å². The van der Waals surface area contributed by atoms with Crippen LogP contribution in [0.3, 0.4) is 0 Å². The standard InChI is InChI=1S/C18H14Cl2N4O3S/c1-11-8-9-21-18(22-11)24-28(26,27)14-5-3-13(4-6-14)23-17(25)15-10-12(19)2-7-16(15)20/h2-10H,1H3,(H,23,25)(H,21,22,24). The van der Waals surface area contributed by atoms with E-state index < -0.39 is 15.9 Å². The van der Waals surface area contributed by atoms with Crippen molar-refractivity contribution in [3.05, 3.63) is 76.0 Å². The van der Waals surface area contributed by atoms with Crippen LogP contribution in [0.5, 0.6) is 0 Å². The van der Waals surface area contributed by atoms with E-state index in [1.807, 2.05) is 0 Å². The molecule has 0 aliphatic heterocycles. The van der Waals surface area contributed by atoms with Gasteiger partial charge in [0.15, 0.2) is 0 Å². The average Bonchev–Trinajstić information content (AvgIpc) is 2.64. The van der Waals surface area contributed by atoms with Crippen molar-refractivity contribution >= 4 is 50.8 Å². The number of rotatable bonds is 5. The number of sulfonamides is 1. The Morgan fingerprint density at radius 1 is 1.04 bits per heavy atom. The van der Waals surface area contributed by atoms with Crippen molar-refractivity contribution in [1.29, 1.82) is 0 Å². The molecule has 1 amide bonds. The van der Waals surface area contributed by atoms with Crippen molar-refractivity contribution < 1.29 is 13.2 Å². The molecule has 0 fully saturated rings. The second-order valence-corrected chi connectivity index (χ2v) is 8.26. The lowest BCUT2D eigenvalue weighted by molar-refractivity contribution is 0.102. The molecule has 7 nitrogen and oxygen atoms in total. The number of aryl methyl sites for hydroxylation is 1. The molecular formula is C18H14Cl2N4O3S. The quantitative estimate of drug-likeness (QED) is 0.625. The molecule has 1 aromatic heterocycles. The topological polar surface area (TPSA) is 101 Å². The number of benzene rings is 2. The Kier molecular flexibility index (Phi) is 5.83. The summed E-state index contributed by atoms with van der Waals surface area (Å²) in [7, 11) is -3.87. The molecule has 1 heterocycles. The third kappa shape index (κ3) is 4.78. The summed E-state index contributed by atoms with van der Waals surface area (Å²) in [5.74, 6) is -0.484. The van der Waals surface area contributed by atoms with Crippen LogP contribution in [0, 0.1) is 6.92 Å². The summed E-state index contributed by atoms with van der Waals surface area (Å²) >= 11 is 11.9. The van der Waals surface area contributed by atoms with Gasteiger partial charge in [0, 0.05) is 22.6 Å². The van der Waals surface area contributed by atoms with Gasteiger partial charge < -0.3 is 5.32 Å². The van der Waals surface area contributed by atoms with Crippen LogP contribution in [0.1, 0.15) is 16.1 Å². The minimum atomic E-state index is -3.87. The van der Waals surface area contributed by atoms with Crippen molar-refractivity contribution in [2.45, 2.75) is 11.8 Å². The molecule has 10 heteroatoms. The molecule has 28 heavy (non-hydrogen) atoms. The zero-order valence-corrected chi connectivity index (χ0v) is 16.8. The predicted molar refractivity (Wildman–Crippen MR) is 108 cm³/mol. The van der Waals surface area contributed by atoms with Crippen molar-refractivity contribution in [3.63, 3.8) is 0 Å². The SMILES string of the molecule is Cc1ccnc(NS(=O)(=O)c2ccc(NC(=O)c3cc(Cl)ccc3Cl)cc2)n1. The highest BCUT2D eigenvalue weighted by Crippen LogP contribution is 2.22. The number of nitrogens with zero attached hydrogens (tertiary/aromatic N) is 2. The smallest absolute Gasteiger partial charge is 0.264 e. The fraction of sp³-hybridized carbons (Fsp3) is 0.0556. The largest absolute Gasteiger partial charge is 0.322 e. The van der Waals surface area contributed by atoms with Gasteiger partial charge in [0.2, 0.25) is 5.95 Å². The third-order valence-corrected chi connectivity index (χ3v) is 5.52. The fourth-order valence-corrected chi connectivity index (χ4v) is 3.59. The first kappa shape index (κ1) is 20.1. The van der Waals surface area contributed by atoms with Gasteiger partial charge in [-0.3, -0.25) is 4.79 Å². The molecular weight excluding hydrogens is 423 g/mol. The lowest BCUT2D eigenvalue weighted by Crippen LogP contribution is -2.16. The molecule has 0 atom stereocenters. The summed E-state index contributed by atoms with van der Waals surface area (Å²) in [5, 5.41) is 3.27. The van der Waals surface area contributed by atoms with Crippen LogP contribution in [0.2, 0.25) is 10.0 Å². The van der Waals surface area contributed by atoms with Gasteiger partial charge in [0.25, 0.3) is 15.9 Å². The number of halogens is 2. The number of carbonyl (C=O) groups excluding carboxylic acids is 1. The maximum absolute atomic E-state index is 12.4. The van der Waals surface area contributed by atoms with E-state index in [9.17, 15) is 13.2 Å². The molecule has 0 aliphatic carbocycles. The molecule has 0 saturated heterocycles. The summed E-state index contributed by atoms with van der Waals surface area (Å²) in [6.45, 7) is 1.73. The van der Waals surface area contributed by atoms with Crippen molar-refractivity contribution in [1.82, 2.24) is 9.97 Å². The van der Waals surface area contributed by atoms with E-state index in [1.54, 1.807) is 19.1 Å². The second kappa shape index (κ2) is 8.14. The zero-order chi connectivity index (χ0) is 20.3. The highest BCUT2D eigenvalue weighted by Gasteiger charge is 2.16. The van der Waals surface area contributed by atoms with Gasteiger partial charge in [0.1, 0.15) is 0 Å². The number of aromatic nitrogens is 2. The van der Waals surface area contributed by atoms with E-state index in [1.165, 1.54) is 42.6 Å². The molecule has 0 unspecified atom stereocenters. The number of amides is 1. The fourth-order valence-electron chi connectivity index (χ4n) is 2.26. The molecule has 3 aromatic rings. The Labute approximate surface area is 171 Å². The Morgan fingerprint density at radius 2 is 1.75 bits per heavy atom. The lowest BCUT2D eigenvalue weighted by Gasteiger charge is -2.09. The molecule has 0 saturated carbocycles. The van der Waals surface area contributed by atoms with Gasteiger partial charge in [-0.2, -0.15) is 0 Å². The first-order valence-electron chi connectivity index (χ1n) is 7.93. The van der Waals surface area contributed by atoms with Gasteiger partial charge in [-0.1, -0.05) is 23.2 Å². The maximum Gasteiger partial charge on any atom is 0.264 e. The summed E-state index contributed by atoms with van der Waals surface area (Å²) in [6.07, 6.45) is 1.46. The summed E-state index contributed by atoms with van der Waals surface area (Å²) in [4.78, 5) is 20.2. The highest BCUT2D eigenvalue weighted by molar-refractivity contribution is 7.92. The van der Waals surface area contributed by atoms with E-state index in [4.69, 9.17) is 23.2 Å². The van der Waals surface area contributed by atoms with E-state index in [2.05, 4.69) is 20.0 Å². The Morgan fingerprint density at radius 3 is 2.43 bits per heavy atom. The minimum absolute atomic E-state index is 0.00334. The minimum Gasteiger partial charge on any atom is -0.322 e. The number of carbonyl (C=O) groups is 1. The van der Waals surface area contributed by atoms with Gasteiger partial charge in [-0.05, 0) is 55.5 Å².